The van der Waals surface area contributed by atoms with Crippen molar-refractivity contribution < 1.29 is 14.3 Å². The van der Waals surface area contributed by atoms with Gasteiger partial charge in [0.1, 0.15) is 11.5 Å². The zero-order chi connectivity index (χ0) is 15.4. The van der Waals surface area contributed by atoms with Crippen LogP contribution < -0.4 is 14.8 Å². The van der Waals surface area contributed by atoms with Gasteiger partial charge in [0.25, 0.3) is 0 Å². The third kappa shape index (κ3) is 3.06. The van der Waals surface area contributed by atoms with E-state index in [9.17, 15) is 4.79 Å². The molecular weight excluding hydrogens is 278 g/mol. The Labute approximate surface area is 130 Å². The van der Waals surface area contributed by atoms with Crippen LogP contribution in [0.1, 0.15) is 23.6 Å². The van der Waals surface area contributed by atoms with Gasteiger partial charge < -0.3 is 14.8 Å². The first-order valence-corrected chi connectivity index (χ1v) is 7.41. The number of nitrogens with one attached hydrogen (secondary N) is 1. The fraction of sp³-hybridized carbons (Fsp3) is 0.278. The Morgan fingerprint density at radius 1 is 1.23 bits per heavy atom. The molecule has 2 aromatic rings. The number of fused-ring (bicyclic) bond motifs is 1. The van der Waals surface area contributed by atoms with E-state index in [0.717, 1.165) is 29.0 Å². The molecule has 1 N–H and O–H groups in total. The molecule has 0 aliphatic carbocycles. The van der Waals surface area contributed by atoms with E-state index in [1.165, 1.54) is 0 Å². The van der Waals surface area contributed by atoms with Gasteiger partial charge in [0.15, 0.2) is 0 Å². The predicted octanol–water partition coefficient (Wildman–Crippen LogP) is 2.88. The molecule has 0 bridgehead atoms. The summed E-state index contributed by atoms with van der Waals surface area (Å²) in [4.78, 5) is 12.4. The Kier molecular flexibility index (Phi) is 4.28. The van der Waals surface area contributed by atoms with Gasteiger partial charge in [0, 0.05) is 17.5 Å². The van der Waals surface area contributed by atoms with Crippen molar-refractivity contribution in [3.63, 3.8) is 0 Å². The van der Waals surface area contributed by atoms with Crippen LogP contribution in [0.5, 0.6) is 11.5 Å². The number of amides is 1. The van der Waals surface area contributed by atoms with E-state index >= 15 is 0 Å². The Morgan fingerprint density at radius 2 is 2.00 bits per heavy atom. The SMILES string of the molecule is COc1ccccc1CC(=O)N[C@@H]1CCOc2ccccc21. The van der Waals surface area contributed by atoms with Gasteiger partial charge in [-0.1, -0.05) is 36.4 Å². The maximum absolute atomic E-state index is 12.4. The van der Waals surface area contributed by atoms with Crippen LogP contribution in [0.3, 0.4) is 0 Å². The summed E-state index contributed by atoms with van der Waals surface area (Å²) < 4.78 is 10.9. The maximum Gasteiger partial charge on any atom is 0.225 e. The minimum absolute atomic E-state index is 0.00663. The van der Waals surface area contributed by atoms with E-state index in [1.54, 1.807) is 7.11 Å². The topological polar surface area (TPSA) is 47.6 Å². The minimum atomic E-state index is -0.00815. The quantitative estimate of drug-likeness (QED) is 0.944. The number of rotatable bonds is 4. The summed E-state index contributed by atoms with van der Waals surface area (Å²) in [6, 6.07) is 15.4. The largest absolute Gasteiger partial charge is 0.496 e. The average Bonchev–Trinajstić information content (AvgIpc) is 2.55. The highest BCUT2D eigenvalue weighted by Crippen LogP contribution is 2.31. The molecule has 0 aromatic heterocycles. The Balaban J connectivity index is 1.70. The van der Waals surface area contributed by atoms with Crippen LogP contribution in [-0.2, 0) is 11.2 Å². The van der Waals surface area contributed by atoms with E-state index in [1.807, 2.05) is 48.5 Å². The first-order valence-electron chi connectivity index (χ1n) is 7.41. The number of methoxy groups -OCH3 is 1. The molecule has 0 saturated carbocycles. The van der Waals surface area contributed by atoms with Gasteiger partial charge in [-0.15, -0.1) is 0 Å². The van der Waals surface area contributed by atoms with Gasteiger partial charge in [-0.25, -0.2) is 0 Å². The van der Waals surface area contributed by atoms with Crippen molar-refractivity contribution in [2.75, 3.05) is 13.7 Å². The van der Waals surface area contributed by atoms with Gasteiger partial charge in [-0.2, -0.15) is 0 Å². The maximum atomic E-state index is 12.4. The van der Waals surface area contributed by atoms with Crippen molar-refractivity contribution in [3.8, 4) is 11.5 Å². The average molecular weight is 297 g/mol. The zero-order valence-electron chi connectivity index (χ0n) is 12.5. The van der Waals surface area contributed by atoms with E-state index < -0.39 is 0 Å². The van der Waals surface area contributed by atoms with Gasteiger partial charge in [-0.05, 0) is 12.1 Å². The molecule has 0 saturated heterocycles. The molecule has 1 atom stereocenters. The van der Waals surface area contributed by atoms with Crippen molar-refractivity contribution >= 4 is 5.91 Å². The van der Waals surface area contributed by atoms with Crippen LogP contribution in [0.15, 0.2) is 48.5 Å². The van der Waals surface area contributed by atoms with Crippen LogP contribution in [0.2, 0.25) is 0 Å². The summed E-state index contributed by atoms with van der Waals surface area (Å²) in [6.45, 7) is 0.622. The normalized spacial score (nSPS) is 16.3. The van der Waals surface area contributed by atoms with Crippen LogP contribution in [0, 0.1) is 0 Å². The second kappa shape index (κ2) is 6.52. The van der Waals surface area contributed by atoms with Crippen LogP contribution in [0.25, 0.3) is 0 Å². The molecule has 4 nitrogen and oxygen atoms in total. The molecule has 3 rings (SSSR count). The molecule has 114 valence electrons. The summed E-state index contributed by atoms with van der Waals surface area (Å²) in [6.07, 6.45) is 1.10. The molecule has 1 amide bonds. The Morgan fingerprint density at radius 3 is 2.86 bits per heavy atom. The lowest BCUT2D eigenvalue weighted by molar-refractivity contribution is -0.121. The Hall–Kier alpha value is -2.49. The molecule has 0 radical (unpaired) electrons. The summed E-state index contributed by atoms with van der Waals surface area (Å²) >= 11 is 0. The highest BCUT2D eigenvalue weighted by molar-refractivity contribution is 5.80. The van der Waals surface area contributed by atoms with Gasteiger partial charge in [-0.3, -0.25) is 4.79 Å². The summed E-state index contributed by atoms with van der Waals surface area (Å²) in [5.74, 6) is 1.59. The standard InChI is InChI=1S/C18H19NO3/c1-21-16-8-4-2-6-13(16)12-18(20)19-15-10-11-22-17-9-5-3-7-14(15)17/h2-9,15H,10-12H2,1H3,(H,19,20)/t15-/m1/s1. The number of para-hydroxylation sites is 2. The smallest absolute Gasteiger partial charge is 0.225 e. The zero-order valence-corrected chi connectivity index (χ0v) is 12.5. The van der Waals surface area contributed by atoms with E-state index in [2.05, 4.69) is 5.32 Å². The second-order valence-electron chi connectivity index (χ2n) is 5.28. The number of ether oxygens (including phenoxy) is 2. The van der Waals surface area contributed by atoms with Crippen molar-refractivity contribution in [2.24, 2.45) is 0 Å². The second-order valence-corrected chi connectivity index (χ2v) is 5.28. The molecule has 0 fully saturated rings. The van der Waals surface area contributed by atoms with Crippen molar-refractivity contribution in [3.05, 3.63) is 59.7 Å². The molecular formula is C18H19NO3. The van der Waals surface area contributed by atoms with Gasteiger partial charge in [0.2, 0.25) is 5.91 Å². The molecule has 1 aliphatic rings. The monoisotopic (exact) mass is 297 g/mol. The molecule has 22 heavy (non-hydrogen) atoms. The number of hydrogen-bond donors (Lipinski definition) is 1. The number of hydrogen-bond acceptors (Lipinski definition) is 3. The third-order valence-corrected chi connectivity index (χ3v) is 3.84. The van der Waals surface area contributed by atoms with E-state index in [0.29, 0.717) is 13.0 Å². The molecule has 4 heteroatoms. The highest BCUT2D eigenvalue weighted by atomic mass is 16.5. The summed E-state index contributed by atoms with van der Waals surface area (Å²) in [5, 5.41) is 3.10. The van der Waals surface area contributed by atoms with Crippen molar-refractivity contribution in [2.45, 2.75) is 18.9 Å². The summed E-state index contributed by atoms with van der Waals surface area (Å²) in [5.41, 5.74) is 1.94. The molecule has 0 spiro atoms. The minimum Gasteiger partial charge on any atom is -0.496 e. The highest BCUT2D eigenvalue weighted by Gasteiger charge is 2.22. The fourth-order valence-electron chi connectivity index (χ4n) is 2.76. The predicted molar refractivity (Wildman–Crippen MR) is 84.1 cm³/mol. The van der Waals surface area contributed by atoms with Gasteiger partial charge >= 0.3 is 0 Å². The van der Waals surface area contributed by atoms with Crippen molar-refractivity contribution in [1.29, 1.82) is 0 Å². The lowest BCUT2D eigenvalue weighted by Gasteiger charge is -2.26. The van der Waals surface area contributed by atoms with Crippen LogP contribution in [-0.4, -0.2) is 19.6 Å². The van der Waals surface area contributed by atoms with E-state index in [4.69, 9.17) is 9.47 Å². The number of carbonyl (C=O) groups is 1. The summed E-state index contributed by atoms with van der Waals surface area (Å²) in [7, 11) is 1.62. The van der Waals surface area contributed by atoms with Crippen LogP contribution in [0.4, 0.5) is 0 Å². The number of benzene rings is 2. The lowest BCUT2D eigenvalue weighted by Crippen LogP contribution is -2.33. The van der Waals surface area contributed by atoms with Gasteiger partial charge in [0.05, 0.1) is 26.2 Å². The number of carbonyl (C=O) groups excluding carboxylic acids is 1. The molecule has 0 unspecified atom stereocenters. The van der Waals surface area contributed by atoms with Crippen LogP contribution >= 0.6 is 0 Å². The first kappa shape index (κ1) is 14.4. The molecule has 1 aliphatic heterocycles. The molecule has 1 heterocycles. The fourth-order valence-corrected chi connectivity index (χ4v) is 2.76. The van der Waals surface area contributed by atoms with Crippen molar-refractivity contribution in [1.82, 2.24) is 5.32 Å². The van der Waals surface area contributed by atoms with E-state index in [-0.39, 0.29) is 11.9 Å². The Bertz CT molecular complexity index is 669. The third-order valence-electron chi connectivity index (χ3n) is 3.84. The molecule has 2 aromatic carbocycles. The first-order chi connectivity index (χ1) is 10.8. The lowest BCUT2D eigenvalue weighted by atomic mass is 10.00.